The standard InChI is InChI=1S/C14H18FNO2/c15-12-6-4-11(5-7-12)13-3-1-2-9-16(13)10-8-14(17)18/h4-7,13H,1-3,8-10H2,(H,17,18). The fourth-order valence-electron chi connectivity index (χ4n) is 2.56. The van der Waals surface area contributed by atoms with E-state index in [1.54, 1.807) is 12.1 Å². The normalized spacial score (nSPS) is 20.8. The van der Waals surface area contributed by atoms with Gasteiger partial charge in [-0.2, -0.15) is 0 Å². The molecule has 0 saturated carbocycles. The van der Waals surface area contributed by atoms with Crippen LogP contribution < -0.4 is 0 Å². The molecular formula is C14H18FNO2. The number of benzene rings is 1. The summed E-state index contributed by atoms with van der Waals surface area (Å²) in [4.78, 5) is 12.9. The molecule has 1 unspecified atom stereocenters. The van der Waals surface area contributed by atoms with E-state index in [9.17, 15) is 9.18 Å². The van der Waals surface area contributed by atoms with E-state index in [2.05, 4.69) is 4.90 Å². The van der Waals surface area contributed by atoms with E-state index < -0.39 is 5.97 Å². The molecule has 2 rings (SSSR count). The number of likely N-dealkylation sites (tertiary alicyclic amines) is 1. The summed E-state index contributed by atoms with van der Waals surface area (Å²) >= 11 is 0. The van der Waals surface area contributed by atoms with Gasteiger partial charge in [0.2, 0.25) is 0 Å². The van der Waals surface area contributed by atoms with Crippen molar-refractivity contribution in [2.24, 2.45) is 0 Å². The second-order valence-corrected chi connectivity index (χ2v) is 4.74. The van der Waals surface area contributed by atoms with E-state index in [-0.39, 0.29) is 18.3 Å². The molecule has 1 aromatic carbocycles. The molecule has 0 radical (unpaired) electrons. The van der Waals surface area contributed by atoms with Gasteiger partial charge >= 0.3 is 5.97 Å². The third-order valence-corrected chi connectivity index (χ3v) is 3.48. The van der Waals surface area contributed by atoms with Crippen molar-refractivity contribution >= 4 is 5.97 Å². The van der Waals surface area contributed by atoms with Crippen LogP contribution in [0.4, 0.5) is 4.39 Å². The van der Waals surface area contributed by atoms with Crippen LogP contribution in [0.15, 0.2) is 24.3 Å². The third kappa shape index (κ3) is 3.29. The van der Waals surface area contributed by atoms with Crippen molar-refractivity contribution in [3.63, 3.8) is 0 Å². The molecule has 1 aliphatic rings. The maximum Gasteiger partial charge on any atom is 0.304 e. The van der Waals surface area contributed by atoms with Crippen LogP contribution in [0.1, 0.15) is 37.3 Å². The smallest absolute Gasteiger partial charge is 0.304 e. The zero-order chi connectivity index (χ0) is 13.0. The lowest BCUT2D eigenvalue weighted by Crippen LogP contribution is -2.35. The van der Waals surface area contributed by atoms with Crippen molar-refractivity contribution in [1.82, 2.24) is 4.90 Å². The summed E-state index contributed by atoms with van der Waals surface area (Å²) in [6.45, 7) is 1.49. The Morgan fingerprint density at radius 1 is 1.33 bits per heavy atom. The molecule has 0 amide bonds. The molecule has 1 heterocycles. The van der Waals surface area contributed by atoms with Crippen molar-refractivity contribution in [1.29, 1.82) is 0 Å². The van der Waals surface area contributed by atoms with E-state index in [4.69, 9.17) is 5.11 Å². The summed E-state index contributed by atoms with van der Waals surface area (Å²) in [5.74, 6) is -0.995. The van der Waals surface area contributed by atoms with E-state index in [0.717, 1.165) is 31.4 Å². The number of carboxylic acids is 1. The third-order valence-electron chi connectivity index (χ3n) is 3.48. The van der Waals surface area contributed by atoms with Crippen molar-refractivity contribution in [3.05, 3.63) is 35.6 Å². The average molecular weight is 251 g/mol. The van der Waals surface area contributed by atoms with E-state index in [1.807, 2.05) is 0 Å². The highest BCUT2D eigenvalue weighted by Gasteiger charge is 2.23. The number of carbonyl (C=O) groups is 1. The molecule has 4 heteroatoms. The van der Waals surface area contributed by atoms with Crippen molar-refractivity contribution in [3.8, 4) is 0 Å². The topological polar surface area (TPSA) is 40.5 Å². The summed E-state index contributed by atoms with van der Waals surface area (Å²) in [5, 5.41) is 8.76. The number of halogens is 1. The minimum absolute atomic E-state index is 0.164. The molecular weight excluding hydrogens is 233 g/mol. The van der Waals surface area contributed by atoms with Gasteiger partial charge in [0.05, 0.1) is 6.42 Å². The molecule has 0 aromatic heterocycles. The SMILES string of the molecule is O=C(O)CCN1CCCCC1c1ccc(F)cc1. The molecule has 3 nitrogen and oxygen atoms in total. The van der Waals surface area contributed by atoms with Gasteiger partial charge in [-0.3, -0.25) is 9.69 Å². The summed E-state index contributed by atoms with van der Waals surface area (Å²) in [6, 6.07) is 6.79. The largest absolute Gasteiger partial charge is 0.481 e. The van der Waals surface area contributed by atoms with Gasteiger partial charge in [0.15, 0.2) is 0 Å². The van der Waals surface area contributed by atoms with Crippen LogP contribution in [-0.4, -0.2) is 29.1 Å². The van der Waals surface area contributed by atoms with Gasteiger partial charge in [-0.15, -0.1) is 0 Å². The first-order valence-corrected chi connectivity index (χ1v) is 6.38. The van der Waals surface area contributed by atoms with Crippen LogP contribution in [-0.2, 0) is 4.79 Å². The number of aliphatic carboxylic acids is 1. The first kappa shape index (κ1) is 13.0. The highest BCUT2D eigenvalue weighted by atomic mass is 19.1. The summed E-state index contributed by atoms with van der Waals surface area (Å²) in [5.41, 5.74) is 1.08. The molecule has 18 heavy (non-hydrogen) atoms. The van der Waals surface area contributed by atoms with Gasteiger partial charge < -0.3 is 5.11 Å². The predicted molar refractivity (Wildman–Crippen MR) is 66.8 cm³/mol. The Hall–Kier alpha value is -1.42. The lowest BCUT2D eigenvalue weighted by Gasteiger charge is -2.35. The Morgan fingerprint density at radius 3 is 2.72 bits per heavy atom. The lowest BCUT2D eigenvalue weighted by atomic mass is 9.95. The average Bonchev–Trinajstić information content (AvgIpc) is 2.38. The fourth-order valence-corrected chi connectivity index (χ4v) is 2.56. The van der Waals surface area contributed by atoms with Crippen molar-refractivity contribution in [2.45, 2.75) is 31.7 Å². The first-order chi connectivity index (χ1) is 8.66. The number of rotatable bonds is 4. The Morgan fingerprint density at radius 2 is 2.06 bits per heavy atom. The van der Waals surface area contributed by atoms with Crippen molar-refractivity contribution < 1.29 is 14.3 Å². The quantitative estimate of drug-likeness (QED) is 0.894. The zero-order valence-electron chi connectivity index (χ0n) is 10.3. The number of hydrogen-bond donors (Lipinski definition) is 1. The van der Waals surface area contributed by atoms with Crippen LogP contribution in [0.3, 0.4) is 0 Å². The maximum absolute atomic E-state index is 12.9. The number of hydrogen-bond acceptors (Lipinski definition) is 2. The number of carboxylic acid groups (broad SMARTS) is 1. The van der Waals surface area contributed by atoms with Gasteiger partial charge in [0.25, 0.3) is 0 Å². The molecule has 1 fully saturated rings. The molecule has 1 N–H and O–H groups in total. The Kier molecular flexibility index (Phi) is 4.31. The predicted octanol–water partition coefficient (Wildman–Crippen LogP) is 2.83. The van der Waals surface area contributed by atoms with Gasteiger partial charge in [0, 0.05) is 12.6 Å². The molecule has 1 aliphatic heterocycles. The van der Waals surface area contributed by atoms with Crippen LogP contribution >= 0.6 is 0 Å². The second-order valence-electron chi connectivity index (χ2n) is 4.74. The van der Waals surface area contributed by atoms with Gasteiger partial charge in [-0.25, -0.2) is 4.39 Å². The minimum Gasteiger partial charge on any atom is -0.481 e. The molecule has 98 valence electrons. The van der Waals surface area contributed by atoms with E-state index in [0.29, 0.717) is 6.54 Å². The van der Waals surface area contributed by atoms with Gasteiger partial charge in [-0.05, 0) is 37.1 Å². The monoisotopic (exact) mass is 251 g/mol. The van der Waals surface area contributed by atoms with Crippen LogP contribution in [0.5, 0.6) is 0 Å². The fraction of sp³-hybridized carbons (Fsp3) is 0.500. The van der Waals surface area contributed by atoms with Crippen LogP contribution in [0.2, 0.25) is 0 Å². The maximum atomic E-state index is 12.9. The van der Waals surface area contributed by atoms with Crippen LogP contribution in [0.25, 0.3) is 0 Å². The number of nitrogens with zero attached hydrogens (tertiary/aromatic N) is 1. The van der Waals surface area contributed by atoms with Gasteiger partial charge in [-0.1, -0.05) is 18.6 Å². The molecule has 1 atom stereocenters. The Labute approximate surface area is 106 Å². The summed E-state index contributed by atoms with van der Waals surface area (Å²) < 4.78 is 12.9. The number of piperidine rings is 1. The minimum atomic E-state index is -0.765. The molecule has 1 aromatic rings. The van der Waals surface area contributed by atoms with E-state index in [1.165, 1.54) is 12.1 Å². The second kappa shape index (κ2) is 5.96. The molecule has 0 aliphatic carbocycles. The molecule has 0 bridgehead atoms. The highest BCUT2D eigenvalue weighted by Crippen LogP contribution is 2.30. The zero-order valence-corrected chi connectivity index (χ0v) is 10.3. The van der Waals surface area contributed by atoms with Gasteiger partial charge in [0.1, 0.15) is 5.82 Å². The molecule has 1 saturated heterocycles. The Bertz CT molecular complexity index is 405. The van der Waals surface area contributed by atoms with Crippen molar-refractivity contribution in [2.75, 3.05) is 13.1 Å². The summed E-state index contributed by atoms with van der Waals surface area (Å²) in [6.07, 6.45) is 3.44. The highest BCUT2D eigenvalue weighted by molar-refractivity contribution is 5.66. The molecule has 0 spiro atoms. The van der Waals surface area contributed by atoms with Crippen LogP contribution in [0, 0.1) is 5.82 Å². The van der Waals surface area contributed by atoms with E-state index >= 15 is 0 Å². The Balaban J connectivity index is 2.07. The summed E-state index contributed by atoms with van der Waals surface area (Å²) in [7, 11) is 0. The lowest BCUT2D eigenvalue weighted by molar-refractivity contribution is -0.137. The first-order valence-electron chi connectivity index (χ1n) is 6.38.